The lowest BCUT2D eigenvalue weighted by Gasteiger charge is -2.17. The van der Waals surface area contributed by atoms with Crippen molar-refractivity contribution in [2.75, 3.05) is 26.7 Å². The van der Waals surface area contributed by atoms with E-state index in [-0.39, 0.29) is 31.4 Å². The number of hydrogen-bond donors (Lipinski definition) is 2. The molecule has 7 nitrogen and oxygen atoms in total. The molecule has 1 aliphatic rings. The Kier molecular flexibility index (Phi) is 8.24. The van der Waals surface area contributed by atoms with Crippen molar-refractivity contribution in [3.05, 3.63) is 71.3 Å². The van der Waals surface area contributed by atoms with Crippen LogP contribution < -0.4 is 5.32 Å². The highest BCUT2D eigenvalue weighted by Gasteiger charge is 2.28. The fourth-order valence-corrected chi connectivity index (χ4v) is 4.05. The molecule has 0 aliphatic heterocycles. The van der Waals surface area contributed by atoms with Crippen LogP contribution >= 0.6 is 0 Å². The van der Waals surface area contributed by atoms with E-state index in [0.29, 0.717) is 25.0 Å². The Bertz CT molecular complexity index is 1000. The molecule has 0 atom stereocenters. The Morgan fingerprint density at radius 2 is 1.64 bits per heavy atom. The number of rotatable bonds is 10. The second-order valence-corrected chi connectivity index (χ2v) is 8.17. The lowest BCUT2D eigenvalue weighted by Crippen LogP contribution is -2.30. The summed E-state index contributed by atoms with van der Waals surface area (Å²) in [6.45, 7) is 2.59. The molecule has 0 unspecified atom stereocenters. The van der Waals surface area contributed by atoms with Gasteiger partial charge in [0, 0.05) is 38.0 Å². The Morgan fingerprint density at radius 1 is 1.03 bits per heavy atom. The summed E-state index contributed by atoms with van der Waals surface area (Å²) < 4.78 is 5.49. The lowest BCUT2D eigenvalue weighted by molar-refractivity contribution is -0.137. The number of nitrogens with zero attached hydrogens (tertiary/aromatic N) is 1. The molecular weight excluding hydrogens is 420 g/mol. The topological polar surface area (TPSA) is 95.9 Å². The van der Waals surface area contributed by atoms with Gasteiger partial charge in [-0.2, -0.15) is 0 Å². The minimum Gasteiger partial charge on any atom is -0.481 e. The van der Waals surface area contributed by atoms with Gasteiger partial charge in [0.25, 0.3) is 0 Å². The van der Waals surface area contributed by atoms with E-state index >= 15 is 0 Å². The molecule has 33 heavy (non-hydrogen) atoms. The van der Waals surface area contributed by atoms with Crippen LogP contribution in [0.15, 0.2) is 60.2 Å². The number of hydrogen-bond acceptors (Lipinski definition) is 4. The van der Waals surface area contributed by atoms with Crippen molar-refractivity contribution in [2.45, 2.75) is 32.1 Å². The molecule has 1 aliphatic carbocycles. The van der Waals surface area contributed by atoms with E-state index in [1.807, 2.05) is 24.3 Å². The Labute approximate surface area is 194 Å². The average Bonchev–Trinajstić information content (AvgIpc) is 3.13. The highest BCUT2D eigenvalue weighted by atomic mass is 16.5. The summed E-state index contributed by atoms with van der Waals surface area (Å²) in [5, 5.41) is 11.3. The summed E-state index contributed by atoms with van der Waals surface area (Å²) in [6, 6.07) is 16.3. The lowest BCUT2D eigenvalue weighted by atomic mass is 9.98. The molecule has 0 spiro atoms. The molecule has 2 aromatic rings. The van der Waals surface area contributed by atoms with E-state index < -0.39 is 12.1 Å². The zero-order valence-corrected chi connectivity index (χ0v) is 19.0. The summed E-state index contributed by atoms with van der Waals surface area (Å²) in [4.78, 5) is 36.7. The summed E-state index contributed by atoms with van der Waals surface area (Å²) in [6.07, 6.45) is 2.37. The largest absolute Gasteiger partial charge is 0.481 e. The number of unbranched alkanes of at least 4 members (excludes halogenated alkanes) is 1. The first-order valence-electron chi connectivity index (χ1n) is 11.1. The van der Waals surface area contributed by atoms with Gasteiger partial charge in [-0.25, -0.2) is 4.79 Å². The summed E-state index contributed by atoms with van der Waals surface area (Å²) in [5.41, 5.74) is 5.16. The molecule has 0 saturated heterocycles. The SMILES string of the molecule is C/C(=C\CNC(=O)OCC1c2ccccc2-c2ccccc21)C(=O)N(C)CCCCC(=O)O. The number of amides is 2. The van der Waals surface area contributed by atoms with Crippen molar-refractivity contribution >= 4 is 18.0 Å². The number of nitrogens with one attached hydrogen (secondary N) is 1. The van der Waals surface area contributed by atoms with Gasteiger partial charge in [-0.3, -0.25) is 9.59 Å². The van der Waals surface area contributed by atoms with E-state index in [0.717, 1.165) is 11.1 Å². The molecule has 0 aromatic heterocycles. The van der Waals surface area contributed by atoms with Crippen LogP contribution in [0.1, 0.15) is 43.2 Å². The summed E-state index contributed by atoms with van der Waals surface area (Å²) in [5.74, 6) is -0.990. The number of alkyl carbamates (subject to hydrolysis) is 1. The number of carbonyl (C=O) groups is 3. The maximum Gasteiger partial charge on any atom is 0.407 e. The first-order chi connectivity index (χ1) is 15.9. The quantitative estimate of drug-likeness (QED) is 0.418. The predicted molar refractivity (Wildman–Crippen MR) is 126 cm³/mol. The number of carboxylic acids is 1. The van der Waals surface area contributed by atoms with E-state index in [1.54, 1.807) is 24.9 Å². The van der Waals surface area contributed by atoms with Gasteiger partial charge < -0.3 is 20.1 Å². The van der Waals surface area contributed by atoms with Crippen LogP contribution in [0.3, 0.4) is 0 Å². The van der Waals surface area contributed by atoms with Crippen molar-refractivity contribution in [1.82, 2.24) is 10.2 Å². The molecule has 7 heteroatoms. The third-order valence-electron chi connectivity index (χ3n) is 5.82. The molecule has 2 aromatic carbocycles. The molecule has 0 saturated carbocycles. The van der Waals surface area contributed by atoms with Gasteiger partial charge >= 0.3 is 12.1 Å². The first kappa shape index (κ1) is 24.0. The van der Waals surface area contributed by atoms with Gasteiger partial charge in [-0.1, -0.05) is 54.6 Å². The maximum atomic E-state index is 12.4. The second kappa shape index (κ2) is 11.3. The third kappa shape index (κ3) is 6.22. The van der Waals surface area contributed by atoms with E-state index in [2.05, 4.69) is 29.6 Å². The molecule has 3 rings (SSSR count). The molecule has 0 fully saturated rings. The van der Waals surface area contributed by atoms with Crippen LogP contribution in [-0.2, 0) is 14.3 Å². The van der Waals surface area contributed by atoms with Gasteiger partial charge in [0.05, 0.1) is 0 Å². The van der Waals surface area contributed by atoms with Crippen LogP contribution in [0.5, 0.6) is 0 Å². The normalized spacial score (nSPS) is 12.6. The highest BCUT2D eigenvalue weighted by molar-refractivity contribution is 5.92. The second-order valence-electron chi connectivity index (χ2n) is 8.17. The monoisotopic (exact) mass is 450 g/mol. The van der Waals surface area contributed by atoms with Crippen LogP contribution in [-0.4, -0.2) is 54.7 Å². The molecule has 0 bridgehead atoms. The number of likely N-dealkylation sites (N-methyl/N-ethyl adjacent to an activating group) is 1. The van der Waals surface area contributed by atoms with Crippen LogP contribution in [0.4, 0.5) is 4.79 Å². The number of benzene rings is 2. The van der Waals surface area contributed by atoms with Crippen molar-refractivity contribution in [1.29, 1.82) is 0 Å². The predicted octanol–water partition coefficient (Wildman–Crippen LogP) is 4.18. The molecule has 2 N–H and O–H groups in total. The minimum absolute atomic E-state index is 0.00298. The van der Waals surface area contributed by atoms with E-state index in [4.69, 9.17) is 9.84 Å². The van der Waals surface area contributed by atoms with Gasteiger partial charge in [-0.15, -0.1) is 0 Å². The number of carbonyl (C=O) groups excluding carboxylic acids is 2. The zero-order chi connectivity index (χ0) is 23.8. The molecule has 174 valence electrons. The van der Waals surface area contributed by atoms with Crippen LogP contribution in [0.25, 0.3) is 11.1 Å². The van der Waals surface area contributed by atoms with Crippen LogP contribution in [0.2, 0.25) is 0 Å². The van der Waals surface area contributed by atoms with E-state index in [1.165, 1.54) is 11.1 Å². The zero-order valence-electron chi connectivity index (χ0n) is 19.0. The fourth-order valence-electron chi connectivity index (χ4n) is 4.05. The summed E-state index contributed by atoms with van der Waals surface area (Å²) in [7, 11) is 1.68. The van der Waals surface area contributed by atoms with E-state index in [9.17, 15) is 14.4 Å². The van der Waals surface area contributed by atoms with Gasteiger partial charge in [-0.05, 0) is 42.0 Å². The molecule has 0 heterocycles. The van der Waals surface area contributed by atoms with Crippen LogP contribution in [0, 0.1) is 0 Å². The average molecular weight is 451 g/mol. The first-order valence-corrected chi connectivity index (χ1v) is 11.1. The van der Waals surface area contributed by atoms with Crippen molar-refractivity contribution in [2.24, 2.45) is 0 Å². The number of carboxylic acid groups (broad SMARTS) is 1. The number of ether oxygens (including phenoxy) is 1. The molecule has 0 radical (unpaired) electrons. The third-order valence-corrected chi connectivity index (χ3v) is 5.82. The van der Waals surface area contributed by atoms with Gasteiger partial charge in [0.1, 0.15) is 6.61 Å². The maximum absolute atomic E-state index is 12.4. The fraction of sp³-hybridized carbons (Fsp3) is 0.346. The Hall–Kier alpha value is -3.61. The minimum atomic E-state index is -0.834. The smallest absolute Gasteiger partial charge is 0.407 e. The van der Waals surface area contributed by atoms with Crippen molar-refractivity contribution in [3.8, 4) is 11.1 Å². The summed E-state index contributed by atoms with van der Waals surface area (Å²) >= 11 is 0. The van der Waals surface area contributed by atoms with Gasteiger partial charge in [0.15, 0.2) is 0 Å². The van der Waals surface area contributed by atoms with Crippen molar-refractivity contribution in [3.63, 3.8) is 0 Å². The van der Waals surface area contributed by atoms with Gasteiger partial charge in [0.2, 0.25) is 5.91 Å². The highest BCUT2D eigenvalue weighted by Crippen LogP contribution is 2.44. The van der Waals surface area contributed by atoms with Crippen molar-refractivity contribution < 1.29 is 24.2 Å². The number of aliphatic carboxylic acids is 1. The molecule has 2 amide bonds. The Morgan fingerprint density at radius 3 is 2.24 bits per heavy atom. The molecular formula is C26H30N2O5. The standard InChI is InChI=1S/C26H30N2O5/c1-18(25(31)28(2)16-8-7-13-24(29)30)14-15-27-26(32)33-17-23-21-11-5-3-9-19(21)20-10-4-6-12-22(20)23/h3-6,9-12,14,23H,7-8,13,15-17H2,1-2H3,(H,27,32)(H,29,30)/b18-14+. The number of fused-ring (bicyclic) bond motifs is 3. The Balaban J connectivity index is 1.46.